The average molecular weight is 364 g/mol. The number of carbonyl (C=O) groups is 1. The van der Waals surface area contributed by atoms with Crippen molar-refractivity contribution in [2.24, 2.45) is 0 Å². The summed E-state index contributed by atoms with van der Waals surface area (Å²) >= 11 is 0.431. The van der Waals surface area contributed by atoms with E-state index in [2.05, 4.69) is 5.32 Å². The summed E-state index contributed by atoms with van der Waals surface area (Å²) in [5, 5.41) is 11.7. The van der Waals surface area contributed by atoms with Crippen LogP contribution in [-0.4, -0.2) is 18.8 Å². The maximum atomic E-state index is 12.2. The van der Waals surface area contributed by atoms with Crippen LogP contribution in [0, 0.1) is 11.3 Å². The monoisotopic (exact) mass is 364 g/mol. The van der Waals surface area contributed by atoms with Crippen molar-refractivity contribution in [2.45, 2.75) is 11.5 Å². The zero-order valence-corrected chi connectivity index (χ0v) is 14.0. The Labute approximate surface area is 147 Å². The molecule has 2 aromatic rings. The van der Waals surface area contributed by atoms with Crippen molar-refractivity contribution in [3.8, 4) is 11.8 Å². The molecule has 0 aliphatic rings. The third-order valence-corrected chi connectivity index (χ3v) is 3.74. The quantitative estimate of drug-likeness (QED) is 0.586. The Balaban J connectivity index is 2.05. The molecule has 25 heavy (non-hydrogen) atoms. The molecule has 5 nitrogen and oxygen atoms in total. The summed E-state index contributed by atoms with van der Waals surface area (Å²) in [6, 6.07) is 11.4. The summed E-state index contributed by atoms with van der Waals surface area (Å²) < 4.78 is 34.7. The zero-order chi connectivity index (χ0) is 18.2. The molecular weight excluding hydrogens is 350 g/mol. The number of nitrogens with zero attached hydrogens (tertiary/aromatic N) is 1. The molecule has 0 saturated carbocycles. The van der Waals surface area contributed by atoms with Gasteiger partial charge in [0.15, 0.2) is 0 Å². The van der Waals surface area contributed by atoms with Gasteiger partial charge < -0.3 is 14.5 Å². The number of furan rings is 1. The number of alkyl halides is 2. The van der Waals surface area contributed by atoms with Crippen LogP contribution in [0.3, 0.4) is 0 Å². The number of ether oxygens (including phenoxy) is 1. The highest BCUT2D eigenvalue weighted by molar-refractivity contribution is 7.98. The van der Waals surface area contributed by atoms with E-state index >= 15 is 0 Å². The van der Waals surface area contributed by atoms with E-state index in [-0.39, 0.29) is 17.1 Å². The van der Waals surface area contributed by atoms with Gasteiger partial charge in [0, 0.05) is 11.8 Å². The second-order valence-electron chi connectivity index (χ2n) is 4.73. The number of halogens is 2. The molecule has 130 valence electrons. The third-order valence-electron chi connectivity index (χ3n) is 3.03. The predicted octanol–water partition coefficient (Wildman–Crippen LogP) is 4.29. The molecule has 0 radical (unpaired) electrons. The van der Waals surface area contributed by atoms with Crippen LogP contribution in [0.15, 0.2) is 46.4 Å². The third kappa shape index (κ3) is 5.65. The Morgan fingerprint density at radius 1 is 1.36 bits per heavy atom. The van der Waals surface area contributed by atoms with Crippen molar-refractivity contribution in [3.05, 3.63) is 53.5 Å². The SMILES string of the molecule is COc1ccc(NC(=O)/C(C#N)=C/c2ccc(CSC(F)F)o2)cc1. The second kappa shape index (κ2) is 8.89. The molecule has 1 heterocycles. The summed E-state index contributed by atoms with van der Waals surface area (Å²) in [5.74, 6) is -1.87. The van der Waals surface area contributed by atoms with Crippen LogP contribution >= 0.6 is 11.8 Å². The van der Waals surface area contributed by atoms with Gasteiger partial charge in [-0.2, -0.15) is 14.0 Å². The van der Waals surface area contributed by atoms with Gasteiger partial charge in [0.1, 0.15) is 28.9 Å². The van der Waals surface area contributed by atoms with E-state index in [1.54, 1.807) is 30.3 Å². The minimum Gasteiger partial charge on any atom is -0.497 e. The molecule has 0 aliphatic heterocycles. The molecular formula is C17H14F2N2O3S. The average Bonchev–Trinajstić information content (AvgIpc) is 3.06. The number of benzene rings is 1. The number of nitriles is 1. The number of rotatable bonds is 7. The summed E-state index contributed by atoms with van der Waals surface area (Å²) in [7, 11) is 1.53. The van der Waals surface area contributed by atoms with Gasteiger partial charge >= 0.3 is 0 Å². The highest BCUT2D eigenvalue weighted by Gasteiger charge is 2.12. The number of nitrogens with one attached hydrogen (secondary N) is 1. The Hall–Kier alpha value is -2.79. The fourth-order valence-corrected chi connectivity index (χ4v) is 2.30. The Kier molecular flexibility index (Phi) is 6.60. The summed E-state index contributed by atoms with van der Waals surface area (Å²) in [5.41, 5.74) is 0.332. The van der Waals surface area contributed by atoms with E-state index < -0.39 is 11.7 Å². The maximum Gasteiger partial charge on any atom is 0.284 e. The minimum absolute atomic E-state index is 0.00540. The number of anilines is 1. The van der Waals surface area contributed by atoms with Gasteiger partial charge in [-0.15, -0.1) is 0 Å². The van der Waals surface area contributed by atoms with Gasteiger partial charge in [-0.1, -0.05) is 11.8 Å². The lowest BCUT2D eigenvalue weighted by atomic mass is 10.2. The van der Waals surface area contributed by atoms with Gasteiger partial charge in [-0.3, -0.25) is 4.79 Å². The number of methoxy groups -OCH3 is 1. The molecule has 0 fully saturated rings. The van der Waals surface area contributed by atoms with E-state index in [0.717, 1.165) is 0 Å². The van der Waals surface area contributed by atoms with E-state index in [4.69, 9.17) is 14.4 Å². The molecule has 0 spiro atoms. The van der Waals surface area contributed by atoms with Crippen molar-refractivity contribution < 1.29 is 22.7 Å². The summed E-state index contributed by atoms with van der Waals surface area (Å²) in [4.78, 5) is 12.1. The van der Waals surface area contributed by atoms with Crippen LogP contribution in [0.4, 0.5) is 14.5 Å². The standard InChI is InChI=1S/C17H14F2N2O3S/c1-23-13-4-2-12(3-5-13)21-16(22)11(9-20)8-14-6-7-15(24-14)10-25-17(18)19/h2-8,17H,10H2,1H3,(H,21,22)/b11-8+. The van der Waals surface area contributed by atoms with Gasteiger partial charge in [-0.25, -0.2) is 0 Å². The zero-order valence-electron chi connectivity index (χ0n) is 13.2. The van der Waals surface area contributed by atoms with Crippen molar-refractivity contribution in [1.29, 1.82) is 5.26 Å². The first kappa shape index (κ1) is 18.5. The molecule has 1 amide bonds. The smallest absolute Gasteiger partial charge is 0.284 e. The molecule has 2 rings (SSSR count). The molecule has 1 N–H and O–H groups in total. The first-order chi connectivity index (χ1) is 12.0. The molecule has 0 unspecified atom stereocenters. The lowest BCUT2D eigenvalue weighted by Crippen LogP contribution is -2.13. The van der Waals surface area contributed by atoms with Crippen molar-refractivity contribution >= 4 is 29.4 Å². The largest absolute Gasteiger partial charge is 0.497 e. The van der Waals surface area contributed by atoms with Gasteiger partial charge in [-0.05, 0) is 36.4 Å². The lowest BCUT2D eigenvalue weighted by molar-refractivity contribution is -0.112. The van der Waals surface area contributed by atoms with Crippen molar-refractivity contribution in [1.82, 2.24) is 0 Å². The van der Waals surface area contributed by atoms with Crippen LogP contribution in [0.25, 0.3) is 6.08 Å². The fourth-order valence-electron chi connectivity index (χ4n) is 1.86. The van der Waals surface area contributed by atoms with Gasteiger partial charge in [0.05, 0.1) is 12.9 Å². The highest BCUT2D eigenvalue weighted by atomic mass is 32.2. The van der Waals surface area contributed by atoms with Crippen LogP contribution in [-0.2, 0) is 10.5 Å². The number of carbonyl (C=O) groups excluding carboxylic acids is 1. The van der Waals surface area contributed by atoms with E-state index in [0.29, 0.717) is 29.0 Å². The molecule has 0 bridgehead atoms. The molecule has 1 aromatic heterocycles. The summed E-state index contributed by atoms with van der Waals surface area (Å²) in [6.07, 6.45) is 1.26. The topological polar surface area (TPSA) is 75.3 Å². The highest BCUT2D eigenvalue weighted by Crippen LogP contribution is 2.22. The number of thioether (sulfide) groups is 1. The maximum absolute atomic E-state index is 12.2. The number of hydrogen-bond acceptors (Lipinski definition) is 5. The summed E-state index contributed by atoms with van der Waals surface area (Å²) in [6.45, 7) is 0. The van der Waals surface area contributed by atoms with Crippen LogP contribution in [0.2, 0.25) is 0 Å². The van der Waals surface area contributed by atoms with E-state index in [1.807, 2.05) is 0 Å². The van der Waals surface area contributed by atoms with E-state index in [1.165, 1.54) is 25.3 Å². The van der Waals surface area contributed by atoms with Crippen LogP contribution in [0.5, 0.6) is 5.75 Å². The molecule has 0 saturated heterocycles. The van der Waals surface area contributed by atoms with Crippen LogP contribution in [0.1, 0.15) is 11.5 Å². The number of amides is 1. The lowest BCUT2D eigenvalue weighted by Gasteiger charge is -2.05. The fraction of sp³-hybridized carbons (Fsp3) is 0.176. The minimum atomic E-state index is -2.49. The molecule has 1 aromatic carbocycles. The van der Waals surface area contributed by atoms with Crippen molar-refractivity contribution in [2.75, 3.05) is 12.4 Å². The van der Waals surface area contributed by atoms with E-state index in [9.17, 15) is 13.6 Å². The predicted molar refractivity (Wildman–Crippen MR) is 91.2 cm³/mol. The molecule has 0 atom stereocenters. The first-order valence-corrected chi connectivity index (χ1v) is 8.12. The van der Waals surface area contributed by atoms with Crippen LogP contribution < -0.4 is 10.1 Å². The Morgan fingerprint density at radius 3 is 2.68 bits per heavy atom. The Morgan fingerprint density at radius 2 is 2.08 bits per heavy atom. The van der Waals surface area contributed by atoms with Gasteiger partial charge in [0.25, 0.3) is 11.7 Å². The number of hydrogen-bond donors (Lipinski definition) is 1. The first-order valence-electron chi connectivity index (χ1n) is 7.07. The Bertz CT molecular complexity index is 795. The normalized spacial score (nSPS) is 11.2. The second-order valence-corrected chi connectivity index (χ2v) is 5.71. The van der Waals surface area contributed by atoms with Crippen molar-refractivity contribution in [3.63, 3.8) is 0 Å². The molecule has 8 heteroatoms. The van der Waals surface area contributed by atoms with Gasteiger partial charge in [0.2, 0.25) is 0 Å². The molecule has 0 aliphatic carbocycles.